The largest absolute Gasteiger partial charge is 0.324 e. The number of benzene rings is 1. The summed E-state index contributed by atoms with van der Waals surface area (Å²) in [4.78, 5) is 28.1. The molecule has 0 N–H and O–H groups in total. The molecule has 0 aliphatic rings. The average molecular weight is 387 g/mol. The van der Waals surface area contributed by atoms with Crippen LogP contribution in [0.15, 0.2) is 35.3 Å². The number of rotatable bonds is 4. The highest BCUT2D eigenvalue weighted by atomic mass is 32.1. The van der Waals surface area contributed by atoms with Gasteiger partial charge in [-0.25, -0.2) is 0 Å². The van der Waals surface area contributed by atoms with Crippen LogP contribution in [0.4, 0.5) is 5.00 Å². The van der Waals surface area contributed by atoms with Crippen LogP contribution in [0, 0.1) is 24.0 Å². The summed E-state index contributed by atoms with van der Waals surface area (Å²) in [6.45, 7) is 6.85. The summed E-state index contributed by atoms with van der Waals surface area (Å²) < 4.78 is 3.18. The average Bonchev–Trinajstić information content (AvgIpc) is 3.21. The van der Waals surface area contributed by atoms with Gasteiger partial charge in [0.25, 0.3) is 5.91 Å². The minimum absolute atomic E-state index is 0.0494. The predicted molar refractivity (Wildman–Crippen MR) is 106 cm³/mol. The molecule has 0 aliphatic carbocycles. The van der Waals surface area contributed by atoms with E-state index >= 15 is 0 Å². The Hall–Kier alpha value is -2.58. The number of carbonyl (C=O) groups excluding carboxylic acids is 1. The van der Waals surface area contributed by atoms with E-state index in [2.05, 4.69) is 24.0 Å². The number of thiophene rings is 1. The molecule has 26 heavy (non-hydrogen) atoms. The molecule has 1 amide bonds. The van der Waals surface area contributed by atoms with Crippen LogP contribution >= 0.6 is 22.7 Å². The van der Waals surface area contributed by atoms with Crippen molar-refractivity contribution in [2.24, 2.45) is 4.99 Å². The van der Waals surface area contributed by atoms with Gasteiger partial charge in [-0.15, -0.1) is 0 Å². The molecule has 0 bridgehead atoms. The van der Waals surface area contributed by atoms with Crippen molar-refractivity contribution in [1.29, 1.82) is 0 Å². The summed E-state index contributed by atoms with van der Waals surface area (Å²) in [5.74, 6) is -0.384. The van der Waals surface area contributed by atoms with E-state index in [4.69, 9.17) is 0 Å². The lowest BCUT2D eigenvalue weighted by atomic mass is 10.1. The van der Waals surface area contributed by atoms with Gasteiger partial charge in [-0.3, -0.25) is 14.9 Å². The fourth-order valence-electron chi connectivity index (χ4n) is 2.67. The zero-order valence-corrected chi connectivity index (χ0v) is 16.2. The zero-order valence-electron chi connectivity index (χ0n) is 14.6. The number of aryl methyl sites for hydroxylation is 3. The second kappa shape index (κ2) is 7.35. The Morgan fingerprint density at radius 2 is 1.96 bits per heavy atom. The Balaban J connectivity index is 1.97. The van der Waals surface area contributed by atoms with E-state index in [9.17, 15) is 14.9 Å². The lowest BCUT2D eigenvalue weighted by molar-refractivity contribution is -0.380. The lowest BCUT2D eigenvalue weighted by Crippen LogP contribution is -2.15. The number of amides is 1. The van der Waals surface area contributed by atoms with Crippen molar-refractivity contribution in [2.75, 3.05) is 0 Å². The van der Waals surface area contributed by atoms with Crippen LogP contribution in [0.3, 0.4) is 0 Å². The SMILES string of the molecule is CCn1c(=NC(=O)C=Cc2ccc([N+](=O)[O-])s2)sc2c(C)ccc(C)c21. The zero-order chi connectivity index (χ0) is 18.8. The first kappa shape index (κ1) is 18.2. The number of thiazole rings is 1. The maximum atomic E-state index is 12.3. The molecule has 1 aromatic carbocycles. The summed E-state index contributed by atoms with van der Waals surface area (Å²) >= 11 is 2.52. The molecule has 0 atom stereocenters. The van der Waals surface area contributed by atoms with Gasteiger partial charge in [-0.2, -0.15) is 4.99 Å². The van der Waals surface area contributed by atoms with Gasteiger partial charge in [0.1, 0.15) is 0 Å². The summed E-state index contributed by atoms with van der Waals surface area (Å²) in [6, 6.07) is 7.19. The number of aromatic nitrogens is 1. The summed E-state index contributed by atoms with van der Waals surface area (Å²) in [6.07, 6.45) is 2.91. The molecule has 0 saturated carbocycles. The summed E-state index contributed by atoms with van der Waals surface area (Å²) in [5, 5.41) is 10.8. The molecule has 0 spiro atoms. The van der Waals surface area contributed by atoms with Crippen molar-refractivity contribution < 1.29 is 9.72 Å². The normalized spacial score (nSPS) is 12.3. The molecule has 0 radical (unpaired) electrons. The van der Waals surface area contributed by atoms with E-state index in [0.717, 1.165) is 39.2 Å². The van der Waals surface area contributed by atoms with E-state index < -0.39 is 4.92 Å². The van der Waals surface area contributed by atoms with E-state index in [1.807, 2.05) is 18.4 Å². The minimum atomic E-state index is -0.444. The third-order valence-electron chi connectivity index (χ3n) is 3.93. The Bertz CT molecular complexity index is 1100. The fourth-order valence-corrected chi connectivity index (χ4v) is 4.64. The molecule has 0 aliphatic heterocycles. The highest BCUT2D eigenvalue weighted by Gasteiger charge is 2.11. The van der Waals surface area contributed by atoms with Crippen molar-refractivity contribution in [3.63, 3.8) is 0 Å². The molecule has 134 valence electrons. The van der Waals surface area contributed by atoms with Crippen LogP contribution in [-0.2, 0) is 11.3 Å². The highest BCUT2D eigenvalue weighted by Crippen LogP contribution is 2.26. The van der Waals surface area contributed by atoms with Gasteiger partial charge in [0.15, 0.2) is 4.80 Å². The second-order valence-corrected chi connectivity index (χ2v) is 7.79. The Kier molecular flexibility index (Phi) is 5.15. The molecule has 0 saturated heterocycles. The number of nitro groups is 1. The molecule has 8 heteroatoms. The van der Waals surface area contributed by atoms with Gasteiger partial charge in [0.05, 0.1) is 15.1 Å². The first-order chi connectivity index (χ1) is 12.4. The number of hydrogen-bond acceptors (Lipinski definition) is 5. The molecule has 6 nitrogen and oxygen atoms in total. The van der Waals surface area contributed by atoms with E-state index in [1.165, 1.54) is 23.5 Å². The smallest absolute Gasteiger partial charge is 0.316 e. The quantitative estimate of drug-likeness (QED) is 0.377. The number of nitrogens with zero attached hydrogens (tertiary/aromatic N) is 3. The van der Waals surface area contributed by atoms with E-state index in [-0.39, 0.29) is 10.9 Å². The predicted octanol–water partition coefficient (Wildman–Crippen LogP) is 4.45. The molecular formula is C18H17N3O3S2. The van der Waals surface area contributed by atoms with Crippen molar-refractivity contribution in [3.05, 3.63) is 61.3 Å². The molecular weight excluding hydrogens is 370 g/mol. The van der Waals surface area contributed by atoms with Gasteiger partial charge < -0.3 is 4.57 Å². The second-order valence-electron chi connectivity index (χ2n) is 5.72. The first-order valence-corrected chi connectivity index (χ1v) is 9.64. The Morgan fingerprint density at radius 1 is 1.23 bits per heavy atom. The van der Waals surface area contributed by atoms with E-state index in [1.54, 1.807) is 12.1 Å². The van der Waals surface area contributed by atoms with Crippen molar-refractivity contribution in [3.8, 4) is 0 Å². The minimum Gasteiger partial charge on any atom is -0.316 e. The third kappa shape index (κ3) is 3.51. The van der Waals surface area contributed by atoms with Gasteiger partial charge in [-0.1, -0.05) is 34.8 Å². The van der Waals surface area contributed by atoms with Gasteiger partial charge in [0, 0.05) is 23.6 Å². The Morgan fingerprint density at radius 3 is 2.62 bits per heavy atom. The topological polar surface area (TPSA) is 77.5 Å². The van der Waals surface area contributed by atoms with Crippen LogP contribution in [0.2, 0.25) is 0 Å². The monoisotopic (exact) mass is 387 g/mol. The number of fused-ring (bicyclic) bond motifs is 1. The van der Waals surface area contributed by atoms with Gasteiger partial charge >= 0.3 is 5.00 Å². The molecule has 3 aromatic rings. The van der Waals surface area contributed by atoms with Crippen LogP contribution in [0.25, 0.3) is 16.3 Å². The van der Waals surface area contributed by atoms with Gasteiger partial charge in [0.2, 0.25) is 0 Å². The Labute approximate surface area is 157 Å². The molecule has 2 heterocycles. The summed E-state index contributed by atoms with van der Waals surface area (Å²) in [5.41, 5.74) is 3.43. The first-order valence-electron chi connectivity index (χ1n) is 8.01. The lowest BCUT2D eigenvalue weighted by Gasteiger charge is -2.04. The van der Waals surface area contributed by atoms with Crippen molar-refractivity contribution in [1.82, 2.24) is 4.57 Å². The third-order valence-corrected chi connectivity index (χ3v) is 6.14. The van der Waals surface area contributed by atoms with Crippen molar-refractivity contribution >= 4 is 49.9 Å². The number of hydrogen-bond donors (Lipinski definition) is 0. The van der Waals surface area contributed by atoms with Crippen LogP contribution in [0.5, 0.6) is 0 Å². The van der Waals surface area contributed by atoms with Crippen LogP contribution in [0.1, 0.15) is 22.9 Å². The van der Waals surface area contributed by atoms with Gasteiger partial charge in [-0.05, 0) is 44.0 Å². The molecule has 3 rings (SSSR count). The maximum absolute atomic E-state index is 12.3. The fraction of sp³-hybridized carbons (Fsp3) is 0.222. The molecule has 2 aromatic heterocycles. The van der Waals surface area contributed by atoms with Crippen LogP contribution < -0.4 is 4.80 Å². The summed E-state index contributed by atoms with van der Waals surface area (Å²) in [7, 11) is 0. The number of carbonyl (C=O) groups is 1. The molecule has 0 fully saturated rings. The van der Waals surface area contributed by atoms with Crippen molar-refractivity contribution in [2.45, 2.75) is 27.3 Å². The highest BCUT2D eigenvalue weighted by molar-refractivity contribution is 7.16. The van der Waals surface area contributed by atoms with Crippen LogP contribution in [-0.4, -0.2) is 15.4 Å². The maximum Gasteiger partial charge on any atom is 0.324 e. The standard InChI is InChI=1S/C18H17N3O3S2/c1-4-20-16-11(2)5-6-12(3)17(16)26-18(20)19-14(22)9-7-13-8-10-15(25-13)21(23)24/h5-10H,4H2,1-3H3. The van der Waals surface area contributed by atoms with E-state index in [0.29, 0.717) is 9.68 Å². The molecule has 0 unspecified atom stereocenters.